The van der Waals surface area contributed by atoms with Crippen LogP contribution < -0.4 is 5.32 Å². The van der Waals surface area contributed by atoms with Crippen LogP contribution in [0.15, 0.2) is 42.7 Å². The van der Waals surface area contributed by atoms with E-state index in [9.17, 15) is 0 Å². The molecule has 0 unspecified atom stereocenters. The van der Waals surface area contributed by atoms with Crippen LogP contribution in [0.2, 0.25) is 0 Å². The molecule has 3 aromatic rings. The average Bonchev–Trinajstić information content (AvgIpc) is 2.95. The van der Waals surface area contributed by atoms with E-state index in [-0.39, 0.29) is 0 Å². The summed E-state index contributed by atoms with van der Waals surface area (Å²) < 4.78 is 1.79. The summed E-state index contributed by atoms with van der Waals surface area (Å²) in [5, 5.41) is 12.9. The van der Waals surface area contributed by atoms with Crippen LogP contribution in [0.3, 0.4) is 0 Å². The van der Waals surface area contributed by atoms with Crippen molar-refractivity contribution in [1.29, 1.82) is 0 Å². The minimum Gasteiger partial charge on any atom is -0.311 e. The predicted molar refractivity (Wildman–Crippen MR) is 83.2 cm³/mol. The zero-order chi connectivity index (χ0) is 14.7. The van der Waals surface area contributed by atoms with Gasteiger partial charge in [0, 0.05) is 18.1 Å². The molecule has 0 amide bonds. The predicted octanol–water partition coefficient (Wildman–Crippen LogP) is 2.56. The van der Waals surface area contributed by atoms with E-state index >= 15 is 0 Å². The summed E-state index contributed by atoms with van der Waals surface area (Å²) in [6, 6.07) is 10.1. The lowest BCUT2D eigenvalue weighted by atomic mass is 10.2. The van der Waals surface area contributed by atoms with E-state index in [1.54, 1.807) is 10.9 Å². The van der Waals surface area contributed by atoms with E-state index in [0.717, 1.165) is 35.4 Å². The van der Waals surface area contributed by atoms with Crippen molar-refractivity contribution in [2.45, 2.75) is 20.4 Å². The second kappa shape index (κ2) is 6.01. The van der Waals surface area contributed by atoms with Crippen LogP contribution >= 0.6 is 0 Å². The Kier molecular flexibility index (Phi) is 3.92. The zero-order valence-corrected chi connectivity index (χ0v) is 12.3. The van der Waals surface area contributed by atoms with E-state index in [1.165, 1.54) is 0 Å². The average molecular weight is 281 g/mol. The van der Waals surface area contributed by atoms with Gasteiger partial charge in [-0.15, -0.1) is 5.10 Å². The standard InChI is InChI=1S/C16H19N5/c1-12(2)9-17-10-14-11-21(20-19-14)15-7-3-5-13-6-4-8-18-16(13)15/h3-8,11-12,17H,9-10H2,1-2H3. The molecular weight excluding hydrogens is 262 g/mol. The Bertz CT molecular complexity index is 727. The molecular formula is C16H19N5. The maximum atomic E-state index is 4.45. The zero-order valence-electron chi connectivity index (χ0n) is 12.3. The summed E-state index contributed by atoms with van der Waals surface area (Å²) in [7, 11) is 0. The molecule has 0 atom stereocenters. The van der Waals surface area contributed by atoms with Crippen LogP contribution in [0.1, 0.15) is 19.5 Å². The summed E-state index contributed by atoms with van der Waals surface area (Å²) in [5.74, 6) is 0.627. The lowest BCUT2D eigenvalue weighted by Crippen LogP contribution is -2.19. The summed E-state index contributed by atoms with van der Waals surface area (Å²) in [4.78, 5) is 4.45. The fourth-order valence-corrected chi connectivity index (χ4v) is 2.26. The van der Waals surface area contributed by atoms with Gasteiger partial charge in [0.15, 0.2) is 0 Å². The Hall–Kier alpha value is -2.27. The topological polar surface area (TPSA) is 55.6 Å². The molecule has 5 heteroatoms. The third-order valence-corrected chi connectivity index (χ3v) is 3.26. The number of para-hydroxylation sites is 1. The normalized spacial score (nSPS) is 11.4. The molecule has 5 nitrogen and oxygen atoms in total. The maximum absolute atomic E-state index is 4.45. The molecule has 0 spiro atoms. The molecule has 0 aliphatic rings. The first-order valence-electron chi connectivity index (χ1n) is 7.20. The van der Waals surface area contributed by atoms with Crippen LogP contribution in [0.5, 0.6) is 0 Å². The number of hydrogen-bond acceptors (Lipinski definition) is 4. The van der Waals surface area contributed by atoms with Gasteiger partial charge in [0.2, 0.25) is 0 Å². The number of rotatable bonds is 5. The number of nitrogens with zero attached hydrogens (tertiary/aromatic N) is 4. The smallest absolute Gasteiger partial charge is 0.0969 e. The van der Waals surface area contributed by atoms with Crippen LogP contribution in [0.25, 0.3) is 16.6 Å². The number of pyridine rings is 1. The molecule has 0 aliphatic carbocycles. The van der Waals surface area contributed by atoms with Crippen molar-refractivity contribution in [3.05, 3.63) is 48.4 Å². The van der Waals surface area contributed by atoms with Crippen LogP contribution in [0.4, 0.5) is 0 Å². The highest BCUT2D eigenvalue weighted by Crippen LogP contribution is 2.19. The van der Waals surface area contributed by atoms with Crippen molar-refractivity contribution in [1.82, 2.24) is 25.3 Å². The first-order valence-corrected chi connectivity index (χ1v) is 7.20. The summed E-state index contributed by atoms with van der Waals surface area (Å²) in [5.41, 5.74) is 2.82. The van der Waals surface area contributed by atoms with Gasteiger partial charge in [-0.3, -0.25) is 4.98 Å². The van der Waals surface area contributed by atoms with Gasteiger partial charge >= 0.3 is 0 Å². The molecule has 3 rings (SSSR count). The largest absolute Gasteiger partial charge is 0.311 e. The Morgan fingerprint density at radius 2 is 2.05 bits per heavy atom. The Labute approximate surface area is 124 Å². The third-order valence-electron chi connectivity index (χ3n) is 3.26. The lowest BCUT2D eigenvalue weighted by molar-refractivity contribution is 0.548. The molecule has 0 fully saturated rings. The minimum absolute atomic E-state index is 0.627. The SMILES string of the molecule is CC(C)CNCc1cn(-c2cccc3cccnc23)nn1. The highest BCUT2D eigenvalue weighted by Gasteiger charge is 2.07. The summed E-state index contributed by atoms with van der Waals surface area (Å²) in [6.45, 7) is 6.08. The monoisotopic (exact) mass is 281 g/mol. The van der Waals surface area contributed by atoms with Crippen LogP contribution in [-0.4, -0.2) is 26.5 Å². The first-order chi connectivity index (χ1) is 10.2. The van der Waals surface area contributed by atoms with Gasteiger partial charge in [-0.2, -0.15) is 0 Å². The number of hydrogen-bond donors (Lipinski definition) is 1. The molecule has 21 heavy (non-hydrogen) atoms. The van der Waals surface area contributed by atoms with Crippen LogP contribution in [-0.2, 0) is 6.54 Å². The van der Waals surface area contributed by atoms with E-state index in [4.69, 9.17) is 0 Å². The lowest BCUT2D eigenvalue weighted by Gasteiger charge is -2.05. The first kappa shape index (κ1) is 13.7. The Balaban J connectivity index is 1.85. The van der Waals surface area contributed by atoms with E-state index in [2.05, 4.69) is 34.5 Å². The van der Waals surface area contributed by atoms with Gasteiger partial charge in [0.1, 0.15) is 0 Å². The molecule has 0 saturated heterocycles. The van der Waals surface area contributed by atoms with Gasteiger partial charge in [0.05, 0.1) is 23.1 Å². The highest BCUT2D eigenvalue weighted by atomic mass is 15.4. The second-order valence-electron chi connectivity index (χ2n) is 5.53. The van der Waals surface area contributed by atoms with E-state index in [1.807, 2.05) is 36.5 Å². The van der Waals surface area contributed by atoms with Crippen molar-refractivity contribution >= 4 is 10.9 Å². The summed E-state index contributed by atoms with van der Waals surface area (Å²) in [6.07, 6.45) is 3.75. The minimum atomic E-state index is 0.627. The molecule has 0 radical (unpaired) electrons. The van der Waals surface area contributed by atoms with Crippen molar-refractivity contribution in [3.8, 4) is 5.69 Å². The highest BCUT2D eigenvalue weighted by molar-refractivity contribution is 5.85. The second-order valence-corrected chi connectivity index (χ2v) is 5.53. The molecule has 2 heterocycles. The molecule has 108 valence electrons. The Morgan fingerprint density at radius 1 is 1.19 bits per heavy atom. The molecule has 0 bridgehead atoms. The van der Waals surface area contributed by atoms with Gasteiger partial charge in [-0.25, -0.2) is 4.68 Å². The third kappa shape index (κ3) is 3.08. The number of nitrogens with one attached hydrogen (secondary N) is 1. The van der Waals surface area contributed by atoms with Crippen molar-refractivity contribution in [2.75, 3.05) is 6.54 Å². The number of benzene rings is 1. The van der Waals surface area contributed by atoms with E-state index in [0.29, 0.717) is 5.92 Å². The molecule has 0 saturated carbocycles. The van der Waals surface area contributed by atoms with Crippen molar-refractivity contribution in [2.24, 2.45) is 5.92 Å². The molecule has 1 aromatic carbocycles. The maximum Gasteiger partial charge on any atom is 0.0969 e. The van der Waals surface area contributed by atoms with Gasteiger partial charge in [-0.05, 0) is 24.6 Å². The van der Waals surface area contributed by atoms with Crippen LogP contribution in [0, 0.1) is 5.92 Å². The molecule has 2 aromatic heterocycles. The summed E-state index contributed by atoms with van der Waals surface area (Å²) >= 11 is 0. The molecule has 1 N–H and O–H groups in total. The number of aromatic nitrogens is 4. The van der Waals surface area contributed by atoms with Gasteiger partial charge in [-0.1, -0.05) is 37.3 Å². The van der Waals surface area contributed by atoms with Gasteiger partial charge in [0.25, 0.3) is 0 Å². The quantitative estimate of drug-likeness (QED) is 0.781. The van der Waals surface area contributed by atoms with E-state index < -0.39 is 0 Å². The Morgan fingerprint density at radius 3 is 2.90 bits per heavy atom. The van der Waals surface area contributed by atoms with Gasteiger partial charge < -0.3 is 5.32 Å². The van der Waals surface area contributed by atoms with Crippen molar-refractivity contribution in [3.63, 3.8) is 0 Å². The fraction of sp³-hybridized carbons (Fsp3) is 0.312. The van der Waals surface area contributed by atoms with Crippen molar-refractivity contribution < 1.29 is 0 Å². The molecule has 0 aliphatic heterocycles. The number of fused-ring (bicyclic) bond motifs is 1. The fourth-order valence-electron chi connectivity index (χ4n) is 2.26.